The molecule has 0 saturated carbocycles. The van der Waals surface area contributed by atoms with E-state index in [-0.39, 0.29) is 11.8 Å². The molecule has 2 heteroatoms. The number of benzene rings is 2. The minimum atomic E-state index is -0.0235. The third kappa shape index (κ3) is 1.08. The van der Waals surface area contributed by atoms with Gasteiger partial charge in [0, 0.05) is 5.39 Å². The Kier molecular flexibility index (Phi) is 1.60. The van der Waals surface area contributed by atoms with Gasteiger partial charge in [0.1, 0.15) is 0 Å². The third-order valence-corrected chi connectivity index (χ3v) is 3.07. The summed E-state index contributed by atoms with van der Waals surface area (Å²) < 4.78 is 0. The van der Waals surface area contributed by atoms with Crippen molar-refractivity contribution >= 4 is 22.4 Å². The van der Waals surface area contributed by atoms with E-state index in [9.17, 15) is 4.79 Å². The lowest BCUT2D eigenvalue weighted by atomic mass is 9.99. The van der Waals surface area contributed by atoms with Crippen molar-refractivity contribution in [3.05, 3.63) is 42.0 Å². The molecule has 1 N–H and O–H groups in total. The van der Waals surface area contributed by atoms with E-state index >= 15 is 0 Å². The molecule has 3 rings (SSSR count). The summed E-state index contributed by atoms with van der Waals surface area (Å²) in [5.41, 5.74) is 2.10. The standard InChI is InChI=1S/C13H11NO/c1-8-10-7-6-9-4-2-3-5-11(9)12(10)14-13(8)15/h2-8H,1H3,(H,14,15). The second-order valence-corrected chi connectivity index (χ2v) is 3.96. The summed E-state index contributed by atoms with van der Waals surface area (Å²) in [6, 6.07) is 12.2. The molecule has 1 heterocycles. The largest absolute Gasteiger partial charge is 0.325 e. The van der Waals surface area contributed by atoms with Crippen LogP contribution in [0.1, 0.15) is 18.4 Å². The van der Waals surface area contributed by atoms with E-state index in [0.717, 1.165) is 16.6 Å². The van der Waals surface area contributed by atoms with Crippen LogP contribution < -0.4 is 5.32 Å². The fourth-order valence-electron chi connectivity index (χ4n) is 2.16. The molecule has 0 bridgehead atoms. The number of carbonyl (C=O) groups is 1. The lowest BCUT2D eigenvalue weighted by Crippen LogP contribution is -2.08. The first kappa shape index (κ1) is 8.48. The summed E-state index contributed by atoms with van der Waals surface area (Å²) in [5.74, 6) is 0.0750. The molecule has 1 aliphatic rings. The van der Waals surface area contributed by atoms with Crippen LogP contribution in [0.15, 0.2) is 36.4 Å². The van der Waals surface area contributed by atoms with Crippen LogP contribution in [0.4, 0.5) is 5.69 Å². The number of amides is 1. The number of carbonyl (C=O) groups excluding carboxylic acids is 1. The van der Waals surface area contributed by atoms with Crippen LogP contribution in [0.2, 0.25) is 0 Å². The Hall–Kier alpha value is -1.83. The molecule has 0 spiro atoms. The molecule has 0 aliphatic carbocycles. The van der Waals surface area contributed by atoms with Gasteiger partial charge in [-0.2, -0.15) is 0 Å². The molecule has 0 aromatic heterocycles. The van der Waals surface area contributed by atoms with E-state index in [1.165, 1.54) is 5.39 Å². The number of fused-ring (bicyclic) bond motifs is 3. The van der Waals surface area contributed by atoms with Gasteiger partial charge in [-0.3, -0.25) is 4.79 Å². The van der Waals surface area contributed by atoms with E-state index in [1.807, 2.05) is 31.2 Å². The van der Waals surface area contributed by atoms with Crippen molar-refractivity contribution < 1.29 is 4.79 Å². The molecule has 0 fully saturated rings. The fraction of sp³-hybridized carbons (Fsp3) is 0.154. The zero-order chi connectivity index (χ0) is 10.4. The smallest absolute Gasteiger partial charge is 0.231 e. The fourth-order valence-corrected chi connectivity index (χ4v) is 2.16. The minimum absolute atomic E-state index is 0.0235. The first-order chi connectivity index (χ1) is 7.27. The normalized spacial score (nSPS) is 19.0. The van der Waals surface area contributed by atoms with Gasteiger partial charge >= 0.3 is 0 Å². The third-order valence-electron chi connectivity index (χ3n) is 3.07. The molecule has 15 heavy (non-hydrogen) atoms. The predicted molar refractivity (Wildman–Crippen MR) is 61.0 cm³/mol. The molecular formula is C13H11NO. The highest BCUT2D eigenvalue weighted by Crippen LogP contribution is 2.37. The van der Waals surface area contributed by atoms with Gasteiger partial charge in [-0.25, -0.2) is 0 Å². The van der Waals surface area contributed by atoms with E-state index in [1.54, 1.807) is 0 Å². The van der Waals surface area contributed by atoms with E-state index in [0.29, 0.717) is 0 Å². The quantitative estimate of drug-likeness (QED) is 0.691. The lowest BCUT2D eigenvalue weighted by Gasteiger charge is -2.04. The molecule has 1 unspecified atom stereocenters. The summed E-state index contributed by atoms with van der Waals surface area (Å²) in [7, 11) is 0. The molecule has 0 radical (unpaired) electrons. The average molecular weight is 197 g/mol. The van der Waals surface area contributed by atoms with Crippen LogP contribution in [-0.2, 0) is 4.79 Å². The molecule has 2 aromatic rings. The molecule has 1 amide bonds. The van der Waals surface area contributed by atoms with Gasteiger partial charge in [0.2, 0.25) is 5.91 Å². The molecule has 0 saturated heterocycles. The Morgan fingerprint density at radius 2 is 1.93 bits per heavy atom. The zero-order valence-corrected chi connectivity index (χ0v) is 8.45. The SMILES string of the molecule is CC1C(=O)Nc2c1ccc1ccccc21. The highest BCUT2D eigenvalue weighted by Gasteiger charge is 2.27. The molecule has 2 nitrogen and oxygen atoms in total. The van der Waals surface area contributed by atoms with Crippen molar-refractivity contribution in [2.45, 2.75) is 12.8 Å². The number of hydrogen-bond donors (Lipinski definition) is 1. The van der Waals surface area contributed by atoms with Crippen molar-refractivity contribution in [3.8, 4) is 0 Å². The van der Waals surface area contributed by atoms with E-state index in [4.69, 9.17) is 0 Å². The number of rotatable bonds is 0. The summed E-state index contributed by atoms with van der Waals surface area (Å²) >= 11 is 0. The maximum absolute atomic E-state index is 11.6. The first-order valence-electron chi connectivity index (χ1n) is 5.10. The second kappa shape index (κ2) is 2.83. The summed E-state index contributed by atoms with van der Waals surface area (Å²) in [5, 5.41) is 5.26. The Morgan fingerprint density at radius 1 is 1.13 bits per heavy atom. The van der Waals surface area contributed by atoms with Crippen LogP contribution in [0.3, 0.4) is 0 Å². The molecule has 1 aliphatic heterocycles. The van der Waals surface area contributed by atoms with Crippen LogP contribution in [-0.4, -0.2) is 5.91 Å². The molecule has 2 aromatic carbocycles. The highest BCUT2D eigenvalue weighted by atomic mass is 16.2. The van der Waals surface area contributed by atoms with Gasteiger partial charge in [-0.1, -0.05) is 36.4 Å². The van der Waals surface area contributed by atoms with Gasteiger partial charge < -0.3 is 5.32 Å². The van der Waals surface area contributed by atoms with Crippen molar-refractivity contribution in [2.24, 2.45) is 0 Å². The Balaban J connectivity index is 2.38. The topological polar surface area (TPSA) is 29.1 Å². The van der Waals surface area contributed by atoms with Crippen molar-refractivity contribution in [3.63, 3.8) is 0 Å². The monoisotopic (exact) mass is 197 g/mol. The highest BCUT2D eigenvalue weighted by molar-refractivity contribution is 6.11. The van der Waals surface area contributed by atoms with Crippen molar-refractivity contribution in [1.29, 1.82) is 0 Å². The van der Waals surface area contributed by atoms with Gasteiger partial charge in [0.25, 0.3) is 0 Å². The molecule has 1 atom stereocenters. The zero-order valence-electron chi connectivity index (χ0n) is 8.45. The van der Waals surface area contributed by atoms with Crippen LogP contribution in [0.25, 0.3) is 10.8 Å². The van der Waals surface area contributed by atoms with Crippen LogP contribution in [0, 0.1) is 0 Å². The Labute approximate surface area is 87.9 Å². The van der Waals surface area contributed by atoms with Crippen LogP contribution in [0.5, 0.6) is 0 Å². The van der Waals surface area contributed by atoms with Gasteiger partial charge in [0.15, 0.2) is 0 Å². The maximum Gasteiger partial charge on any atom is 0.231 e. The summed E-state index contributed by atoms with van der Waals surface area (Å²) in [6.07, 6.45) is 0. The Bertz CT molecular complexity index is 559. The summed E-state index contributed by atoms with van der Waals surface area (Å²) in [4.78, 5) is 11.6. The lowest BCUT2D eigenvalue weighted by molar-refractivity contribution is -0.116. The van der Waals surface area contributed by atoms with E-state index in [2.05, 4.69) is 17.4 Å². The predicted octanol–water partition coefficient (Wildman–Crippen LogP) is 2.90. The minimum Gasteiger partial charge on any atom is -0.325 e. The average Bonchev–Trinajstić information content (AvgIpc) is 2.56. The van der Waals surface area contributed by atoms with Gasteiger partial charge in [0.05, 0.1) is 11.6 Å². The number of hydrogen-bond acceptors (Lipinski definition) is 1. The Morgan fingerprint density at radius 3 is 2.80 bits per heavy atom. The summed E-state index contributed by atoms with van der Waals surface area (Å²) in [6.45, 7) is 1.94. The number of nitrogens with one attached hydrogen (secondary N) is 1. The van der Waals surface area contributed by atoms with Crippen LogP contribution >= 0.6 is 0 Å². The van der Waals surface area contributed by atoms with E-state index < -0.39 is 0 Å². The van der Waals surface area contributed by atoms with Gasteiger partial charge in [-0.05, 0) is 17.9 Å². The number of anilines is 1. The van der Waals surface area contributed by atoms with Crippen molar-refractivity contribution in [1.82, 2.24) is 0 Å². The second-order valence-electron chi connectivity index (χ2n) is 3.96. The first-order valence-corrected chi connectivity index (χ1v) is 5.10. The van der Waals surface area contributed by atoms with Gasteiger partial charge in [-0.15, -0.1) is 0 Å². The molecular weight excluding hydrogens is 186 g/mol. The van der Waals surface area contributed by atoms with Crippen molar-refractivity contribution in [2.75, 3.05) is 5.32 Å². The molecule has 74 valence electrons. The maximum atomic E-state index is 11.6.